The number of amides is 1. The average Bonchev–Trinajstić information content (AvgIpc) is 3.16. The lowest BCUT2D eigenvalue weighted by Crippen LogP contribution is -3.10. The summed E-state index contributed by atoms with van der Waals surface area (Å²) in [6.07, 6.45) is 3.67. The first-order valence-electron chi connectivity index (χ1n) is 10.1. The molecule has 3 rings (SSSR count). The smallest absolute Gasteiger partial charge is 0.365 e. The number of nitrogens with two attached hydrogens (primary N) is 1. The number of nitrogens with zero attached hydrogens (tertiary/aromatic N) is 3. The Balaban J connectivity index is 1.87. The normalized spacial score (nSPS) is 21.5. The van der Waals surface area contributed by atoms with Crippen molar-refractivity contribution in [2.75, 3.05) is 19.4 Å². The Bertz CT molecular complexity index is 1170. The fourth-order valence-corrected chi connectivity index (χ4v) is 4.72. The standard InChI is InChI=1S/C20H23F3N6O3S/c1-28(2)14-5-8-17(12(9-14)10-24)29-11-16(18(25)30)19(27-29)26-13-3-6-15(7-4-13)33(31,32)20(21,22)23/h3-4,6-7,11-12,14,17H,5,8-9H2,1-2H3,(H2,25,30)(H,26,27)/p+1/t12-,14-,17?/m1/s1. The molecule has 3 atom stereocenters. The lowest BCUT2D eigenvalue weighted by molar-refractivity contribution is -0.887. The van der Waals surface area contributed by atoms with Crippen molar-refractivity contribution in [3.8, 4) is 6.07 Å². The van der Waals surface area contributed by atoms with Crippen LogP contribution in [0.5, 0.6) is 0 Å². The molecule has 1 aromatic heterocycles. The summed E-state index contributed by atoms with van der Waals surface area (Å²) >= 11 is 0. The monoisotopic (exact) mass is 485 g/mol. The maximum Gasteiger partial charge on any atom is 0.501 e. The van der Waals surface area contributed by atoms with Gasteiger partial charge in [-0.05, 0) is 30.7 Å². The summed E-state index contributed by atoms with van der Waals surface area (Å²) < 4.78 is 62.7. The van der Waals surface area contributed by atoms with Gasteiger partial charge in [0.25, 0.3) is 15.7 Å². The van der Waals surface area contributed by atoms with E-state index >= 15 is 0 Å². The minimum Gasteiger partial charge on any atom is -0.365 e. The summed E-state index contributed by atoms with van der Waals surface area (Å²) in [6, 6.07) is 6.26. The number of benzene rings is 1. The van der Waals surface area contributed by atoms with Gasteiger partial charge < -0.3 is 16.0 Å². The first kappa shape index (κ1) is 24.5. The number of halogens is 3. The van der Waals surface area contributed by atoms with E-state index in [4.69, 9.17) is 5.73 Å². The fraction of sp³-hybridized carbons (Fsp3) is 0.450. The van der Waals surface area contributed by atoms with Crippen LogP contribution in [0.15, 0.2) is 35.4 Å². The van der Waals surface area contributed by atoms with Crippen LogP contribution >= 0.6 is 0 Å². The van der Waals surface area contributed by atoms with Crippen molar-refractivity contribution in [3.63, 3.8) is 0 Å². The number of quaternary nitrogens is 1. The van der Waals surface area contributed by atoms with Crippen LogP contribution < -0.4 is 16.0 Å². The molecule has 0 saturated heterocycles. The molecule has 0 bridgehead atoms. The number of rotatable bonds is 6. The molecule has 1 unspecified atom stereocenters. The minimum atomic E-state index is -5.47. The SMILES string of the molecule is C[NH+](C)[C@@H]1CCC(n2cc(C(N)=O)c(Nc3ccc(S(=O)(=O)C(F)(F)F)cc3)n2)[C@@H](C#N)C1. The Hall–Kier alpha value is -3.11. The van der Waals surface area contributed by atoms with Gasteiger partial charge in [0.05, 0.1) is 43.1 Å². The number of anilines is 2. The average molecular weight is 486 g/mol. The van der Waals surface area contributed by atoms with Crippen LogP contribution in [-0.2, 0) is 9.84 Å². The van der Waals surface area contributed by atoms with Gasteiger partial charge in [0.15, 0.2) is 5.82 Å². The zero-order valence-electron chi connectivity index (χ0n) is 17.9. The van der Waals surface area contributed by atoms with Crippen molar-refractivity contribution in [2.24, 2.45) is 11.7 Å². The molecule has 1 fully saturated rings. The fourth-order valence-electron chi connectivity index (χ4n) is 3.96. The molecule has 2 aromatic rings. The molecule has 4 N–H and O–H groups in total. The highest BCUT2D eigenvalue weighted by Crippen LogP contribution is 2.35. The lowest BCUT2D eigenvalue weighted by atomic mass is 9.82. The molecule has 33 heavy (non-hydrogen) atoms. The van der Waals surface area contributed by atoms with E-state index in [1.165, 1.54) is 15.8 Å². The van der Waals surface area contributed by atoms with E-state index in [9.17, 15) is 31.6 Å². The zero-order chi connectivity index (χ0) is 24.6. The number of alkyl halides is 3. The van der Waals surface area contributed by atoms with Gasteiger partial charge in [0.1, 0.15) is 5.56 Å². The predicted molar refractivity (Wildman–Crippen MR) is 112 cm³/mol. The minimum absolute atomic E-state index is 0.0408. The molecule has 1 heterocycles. The van der Waals surface area contributed by atoms with Crippen LogP contribution in [0, 0.1) is 17.2 Å². The number of carbonyl (C=O) groups excluding carboxylic acids is 1. The van der Waals surface area contributed by atoms with Crippen LogP contribution in [0.1, 0.15) is 35.7 Å². The molecule has 1 aromatic carbocycles. The van der Waals surface area contributed by atoms with Crippen LogP contribution in [0.4, 0.5) is 24.7 Å². The lowest BCUT2D eigenvalue weighted by Gasteiger charge is -2.33. The largest absolute Gasteiger partial charge is 0.501 e. The molecule has 1 amide bonds. The Morgan fingerprint density at radius 3 is 2.42 bits per heavy atom. The van der Waals surface area contributed by atoms with Gasteiger partial charge >= 0.3 is 5.51 Å². The third-order valence-corrected chi connectivity index (χ3v) is 7.37. The Labute approximate surface area is 188 Å². The summed E-state index contributed by atoms with van der Waals surface area (Å²) in [6.45, 7) is 0. The highest BCUT2D eigenvalue weighted by Gasteiger charge is 2.46. The van der Waals surface area contributed by atoms with E-state index in [-0.39, 0.29) is 29.0 Å². The van der Waals surface area contributed by atoms with Gasteiger partial charge in [0.2, 0.25) is 0 Å². The molecule has 0 spiro atoms. The molecule has 0 radical (unpaired) electrons. The van der Waals surface area contributed by atoms with E-state index in [0.717, 1.165) is 30.7 Å². The van der Waals surface area contributed by atoms with E-state index in [1.54, 1.807) is 0 Å². The molecule has 13 heteroatoms. The predicted octanol–water partition coefficient (Wildman–Crippen LogP) is 1.40. The van der Waals surface area contributed by atoms with Crippen molar-refractivity contribution < 1.29 is 31.3 Å². The van der Waals surface area contributed by atoms with Crippen LogP contribution in [0.3, 0.4) is 0 Å². The second-order valence-electron chi connectivity index (χ2n) is 8.22. The number of carbonyl (C=O) groups is 1. The van der Waals surface area contributed by atoms with Gasteiger partial charge in [0, 0.05) is 24.7 Å². The summed E-state index contributed by atoms with van der Waals surface area (Å²) in [7, 11) is -1.40. The second kappa shape index (κ2) is 9.03. The summed E-state index contributed by atoms with van der Waals surface area (Å²) in [4.78, 5) is 12.3. The van der Waals surface area contributed by atoms with Crippen molar-refractivity contribution >= 4 is 27.2 Å². The van der Waals surface area contributed by atoms with Gasteiger partial charge in [-0.1, -0.05) is 0 Å². The summed E-state index contributed by atoms with van der Waals surface area (Å²) in [5.41, 5.74) is 0.301. The highest BCUT2D eigenvalue weighted by atomic mass is 32.2. The first-order valence-corrected chi connectivity index (χ1v) is 11.6. The van der Waals surface area contributed by atoms with E-state index in [1.807, 2.05) is 14.1 Å². The van der Waals surface area contributed by atoms with E-state index < -0.39 is 26.1 Å². The van der Waals surface area contributed by atoms with Crippen molar-refractivity contribution in [3.05, 3.63) is 36.0 Å². The number of nitriles is 1. The van der Waals surface area contributed by atoms with Gasteiger partial charge in [-0.2, -0.15) is 23.5 Å². The number of hydrogen-bond acceptors (Lipinski definition) is 6. The molecule has 1 aliphatic carbocycles. The zero-order valence-corrected chi connectivity index (χ0v) is 18.7. The maximum absolute atomic E-state index is 12.7. The molecule has 1 saturated carbocycles. The van der Waals surface area contributed by atoms with Gasteiger partial charge in [-0.15, -0.1) is 0 Å². The Morgan fingerprint density at radius 1 is 1.27 bits per heavy atom. The molecule has 178 valence electrons. The number of hydrogen-bond donors (Lipinski definition) is 3. The van der Waals surface area contributed by atoms with Crippen molar-refractivity contribution in [2.45, 2.75) is 41.7 Å². The highest BCUT2D eigenvalue weighted by molar-refractivity contribution is 7.92. The molecular weight excluding hydrogens is 461 g/mol. The van der Waals surface area contributed by atoms with E-state index in [2.05, 4.69) is 16.5 Å². The van der Waals surface area contributed by atoms with Crippen LogP contribution in [0.2, 0.25) is 0 Å². The second-order valence-corrected chi connectivity index (χ2v) is 10.2. The Morgan fingerprint density at radius 2 is 1.91 bits per heavy atom. The number of nitrogens with one attached hydrogen (secondary N) is 2. The number of primary amides is 1. The van der Waals surface area contributed by atoms with Crippen LogP contribution in [-0.4, -0.2) is 49.8 Å². The third kappa shape index (κ3) is 4.96. The van der Waals surface area contributed by atoms with Crippen molar-refractivity contribution in [1.29, 1.82) is 5.26 Å². The topological polar surface area (TPSA) is 135 Å². The first-order chi connectivity index (χ1) is 15.3. The van der Waals surface area contributed by atoms with Gasteiger partial charge in [-0.3, -0.25) is 9.48 Å². The summed E-state index contributed by atoms with van der Waals surface area (Å²) in [5.74, 6) is -1.04. The molecular formula is C20H24F3N6O3S+. The molecule has 1 aliphatic rings. The number of aromatic nitrogens is 2. The van der Waals surface area contributed by atoms with Gasteiger partial charge in [-0.25, -0.2) is 8.42 Å². The third-order valence-electron chi connectivity index (χ3n) is 5.87. The van der Waals surface area contributed by atoms with Crippen LogP contribution in [0.25, 0.3) is 0 Å². The van der Waals surface area contributed by atoms with Crippen molar-refractivity contribution in [1.82, 2.24) is 9.78 Å². The van der Waals surface area contributed by atoms with E-state index in [0.29, 0.717) is 18.9 Å². The maximum atomic E-state index is 12.7. The molecule has 0 aliphatic heterocycles. The quantitative estimate of drug-likeness (QED) is 0.566. The number of sulfone groups is 1. The molecule has 9 nitrogen and oxygen atoms in total. The Kier molecular flexibility index (Phi) is 6.71. The summed E-state index contributed by atoms with van der Waals surface area (Å²) in [5, 5.41) is 16.8.